The van der Waals surface area contributed by atoms with E-state index in [0.717, 1.165) is 30.3 Å². The molecule has 8 heteroatoms. The molecule has 22 heavy (non-hydrogen) atoms. The zero-order chi connectivity index (χ0) is 16.5. The molecule has 2 aromatic rings. The first-order valence-corrected chi connectivity index (χ1v) is 7.99. The van der Waals surface area contributed by atoms with Crippen molar-refractivity contribution in [1.82, 2.24) is 4.72 Å². The minimum absolute atomic E-state index is 0.0156. The second-order valence-corrected chi connectivity index (χ2v) is 6.71. The Kier molecular flexibility index (Phi) is 4.79. The first-order valence-electron chi connectivity index (χ1n) is 6.13. The highest BCUT2D eigenvalue weighted by atomic mass is 35.5. The van der Waals surface area contributed by atoms with E-state index in [1.807, 2.05) is 0 Å². The molecule has 0 heterocycles. The first-order chi connectivity index (χ1) is 10.2. The van der Waals surface area contributed by atoms with Crippen molar-refractivity contribution in [2.45, 2.75) is 17.9 Å². The fourth-order valence-corrected chi connectivity index (χ4v) is 3.35. The van der Waals surface area contributed by atoms with Crippen LogP contribution in [0.3, 0.4) is 0 Å². The average Bonchev–Trinajstić information content (AvgIpc) is 2.40. The lowest BCUT2D eigenvalue weighted by molar-refractivity contribution is 0.540. The Bertz CT molecular complexity index is 812. The van der Waals surface area contributed by atoms with Crippen LogP contribution >= 0.6 is 11.6 Å². The minimum atomic E-state index is -4.04. The number of hydrogen-bond donors (Lipinski definition) is 1. The Balaban J connectivity index is 2.29. The van der Waals surface area contributed by atoms with Gasteiger partial charge in [-0.2, -0.15) is 0 Å². The Hall–Kier alpha value is -1.57. The summed E-state index contributed by atoms with van der Waals surface area (Å²) >= 11 is 5.55. The SMILES string of the molecule is C[C@H](NS(=O)(=O)c1ccc(F)c(Cl)c1)c1ccc(F)cc1F. The molecule has 0 saturated heterocycles. The van der Waals surface area contributed by atoms with Gasteiger partial charge in [-0.15, -0.1) is 0 Å². The predicted molar refractivity (Wildman–Crippen MR) is 76.5 cm³/mol. The van der Waals surface area contributed by atoms with Crippen LogP contribution < -0.4 is 4.72 Å². The normalized spacial score (nSPS) is 13.1. The van der Waals surface area contributed by atoms with Gasteiger partial charge in [-0.25, -0.2) is 26.3 Å². The van der Waals surface area contributed by atoms with Gasteiger partial charge in [0, 0.05) is 17.7 Å². The van der Waals surface area contributed by atoms with Gasteiger partial charge < -0.3 is 0 Å². The molecule has 0 aliphatic carbocycles. The fraction of sp³-hybridized carbons (Fsp3) is 0.143. The van der Waals surface area contributed by atoms with Gasteiger partial charge >= 0.3 is 0 Å². The quantitative estimate of drug-likeness (QED) is 0.912. The van der Waals surface area contributed by atoms with Crippen molar-refractivity contribution in [2.75, 3.05) is 0 Å². The van der Waals surface area contributed by atoms with Crippen molar-refractivity contribution < 1.29 is 21.6 Å². The zero-order valence-electron chi connectivity index (χ0n) is 11.3. The number of rotatable bonds is 4. The predicted octanol–water partition coefficient (Wildman–Crippen LogP) is 3.80. The summed E-state index contributed by atoms with van der Waals surface area (Å²) < 4.78 is 66.2. The molecule has 0 aliphatic rings. The molecule has 0 amide bonds. The minimum Gasteiger partial charge on any atom is -0.207 e. The highest BCUT2D eigenvalue weighted by Crippen LogP contribution is 2.23. The summed E-state index contributed by atoms with van der Waals surface area (Å²) in [5.74, 6) is -2.38. The van der Waals surface area contributed by atoms with Crippen LogP contribution in [0.2, 0.25) is 5.02 Å². The molecular formula is C14H11ClF3NO2S. The molecule has 1 N–H and O–H groups in total. The Morgan fingerprint density at radius 3 is 2.32 bits per heavy atom. The molecule has 1 atom stereocenters. The third kappa shape index (κ3) is 3.60. The van der Waals surface area contributed by atoms with Crippen LogP contribution in [-0.4, -0.2) is 8.42 Å². The topological polar surface area (TPSA) is 46.2 Å². The molecule has 0 unspecified atom stereocenters. The van der Waals surface area contributed by atoms with E-state index in [1.54, 1.807) is 0 Å². The van der Waals surface area contributed by atoms with Crippen LogP contribution in [0.4, 0.5) is 13.2 Å². The Morgan fingerprint density at radius 2 is 1.73 bits per heavy atom. The van der Waals surface area contributed by atoms with E-state index in [9.17, 15) is 21.6 Å². The lowest BCUT2D eigenvalue weighted by atomic mass is 10.1. The number of benzene rings is 2. The van der Waals surface area contributed by atoms with Crippen LogP contribution in [0, 0.1) is 17.5 Å². The molecule has 0 bridgehead atoms. The van der Waals surface area contributed by atoms with E-state index in [4.69, 9.17) is 11.6 Å². The third-order valence-corrected chi connectivity index (χ3v) is 4.79. The molecule has 0 saturated carbocycles. The highest BCUT2D eigenvalue weighted by Gasteiger charge is 2.21. The monoisotopic (exact) mass is 349 g/mol. The van der Waals surface area contributed by atoms with Gasteiger partial charge in [-0.3, -0.25) is 0 Å². The van der Waals surface area contributed by atoms with Gasteiger partial charge in [-0.1, -0.05) is 17.7 Å². The Morgan fingerprint density at radius 1 is 1.05 bits per heavy atom. The van der Waals surface area contributed by atoms with Gasteiger partial charge in [0.05, 0.1) is 9.92 Å². The van der Waals surface area contributed by atoms with Crippen molar-refractivity contribution in [3.63, 3.8) is 0 Å². The maximum atomic E-state index is 13.7. The summed E-state index contributed by atoms with van der Waals surface area (Å²) in [4.78, 5) is -0.256. The lowest BCUT2D eigenvalue weighted by Crippen LogP contribution is -2.27. The molecule has 3 nitrogen and oxygen atoms in total. The zero-order valence-corrected chi connectivity index (χ0v) is 12.9. The smallest absolute Gasteiger partial charge is 0.207 e. The lowest BCUT2D eigenvalue weighted by Gasteiger charge is -2.15. The summed E-state index contributed by atoms with van der Waals surface area (Å²) in [7, 11) is -4.04. The molecule has 0 spiro atoms. The summed E-state index contributed by atoms with van der Waals surface area (Å²) in [6.45, 7) is 1.40. The van der Waals surface area contributed by atoms with E-state index >= 15 is 0 Å². The van der Waals surface area contributed by atoms with Crippen LogP contribution in [0.1, 0.15) is 18.5 Å². The summed E-state index contributed by atoms with van der Waals surface area (Å²) in [5, 5.41) is -0.344. The molecule has 0 aliphatic heterocycles. The number of halogens is 4. The van der Waals surface area contributed by atoms with Gasteiger partial charge in [0.15, 0.2) is 0 Å². The average molecular weight is 350 g/mol. The van der Waals surface area contributed by atoms with E-state index in [1.165, 1.54) is 6.92 Å². The molecule has 118 valence electrons. The van der Waals surface area contributed by atoms with Crippen LogP contribution in [0.5, 0.6) is 0 Å². The fourth-order valence-electron chi connectivity index (χ4n) is 1.86. The molecule has 0 fully saturated rings. The van der Waals surface area contributed by atoms with Gasteiger partial charge in [-0.05, 0) is 31.2 Å². The highest BCUT2D eigenvalue weighted by molar-refractivity contribution is 7.89. The van der Waals surface area contributed by atoms with Crippen LogP contribution in [0.25, 0.3) is 0 Å². The maximum absolute atomic E-state index is 13.7. The van der Waals surface area contributed by atoms with Crippen molar-refractivity contribution in [2.24, 2.45) is 0 Å². The maximum Gasteiger partial charge on any atom is 0.241 e. The summed E-state index contributed by atoms with van der Waals surface area (Å²) in [6, 6.07) is 4.79. The van der Waals surface area contributed by atoms with Gasteiger partial charge in [0.1, 0.15) is 17.5 Å². The van der Waals surface area contributed by atoms with E-state index in [2.05, 4.69) is 4.72 Å². The standard InChI is InChI=1S/C14H11ClF3NO2S/c1-8(11-4-2-9(16)6-14(11)18)19-22(20,21)10-3-5-13(17)12(15)7-10/h2-8,19H,1H3/t8-/m0/s1. The largest absolute Gasteiger partial charge is 0.241 e. The molecular weight excluding hydrogens is 339 g/mol. The van der Waals surface area contributed by atoms with Crippen LogP contribution in [0.15, 0.2) is 41.3 Å². The number of nitrogens with one attached hydrogen (secondary N) is 1. The number of sulfonamides is 1. The Labute approximate surface area is 130 Å². The van der Waals surface area contributed by atoms with Crippen molar-refractivity contribution in [1.29, 1.82) is 0 Å². The number of hydrogen-bond acceptors (Lipinski definition) is 2. The van der Waals surface area contributed by atoms with Gasteiger partial charge in [0.2, 0.25) is 10.0 Å². The van der Waals surface area contributed by atoms with E-state index in [0.29, 0.717) is 6.07 Å². The van der Waals surface area contributed by atoms with Crippen molar-refractivity contribution in [3.05, 3.63) is 64.4 Å². The van der Waals surface area contributed by atoms with Crippen molar-refractivity contribution >= 4 is 21.6 Å². The second-order valence-electron chi connectivity index (χ2n) is 4.58. The molecule has 2 rings (SSSR count). The van der Waals surface area contributed by atoms with E-state index in [-0.39, 0.29) is 15.5 Å². The molecule has 2 aromatic carbocycles. The molecule has 0 aromatic heterocycles. The van der Waals surface area contributed by atoms with Crippen molar-refractivity contribution in [3.8, 4) is 0 Å². The first kappa shape index (κ1) is 16.8. The summed E-state index contributed by atoms with van der Waals surface area (Å²) in [5.41, 5.74) is -0.0156. The second kappa shape index (κ2) is 6.28. The van der Waals surface area contributed by atoms with Crippen LogP contribution in [-0.2, 0) is 10.0 Å². The summed E-state index contributed by atoms with van der Waals surface area (Å²) in [6.07, 6.45) is 0. The molecule has 0 radical (unpaired) electrons. The van der Waals surface area contributed by atoms with Gasteiger partial charge in [0.25, 0.3) is 0 Å². The third-order valence-electron chi connectivity index (χ3n) is 2.96. The van der Waals surface area contributed by atoms with E-state index < -0.39 is 33.5 Å².